The maximum Gasteiger partial charge on any atom is 0.193 e. The Morgan fingerprint density at radius 3 is 2.69 bits per heavy atom. The lowest BCUT2D eigenvalue weighted by molar-refractivity contribution is 0.133. The third kappa shape index (κ3) is 5.47. The second kappa shape index (κ2) is 9.96. The van der Waals surface area contributed by atoms with Crippen molar-refractivity contribution in [1.82, 2.24) is 10.2 Å². The minimum Gasteiger partial charge on any atom is -0.381 e. The number of aliphatic imine (C=N–C) groups is 1. The van der Waals surface area contributed by atoms with E-state index in [1.807, 2.05) is 7.05 Å². The average Bonchev–Trinajstić information content (AvgIpc) is 3.31. The third-order valence-electron chi connectivity index (χ3n) is 5.99. The zero-order valence-electron chi connectivity index (χ0n) is 16.4. The molecule has 1 N–H and O–H groups in total. The Labute approximate surface area is 159 Å². The molecule has 4 nitrogen and oxygen atoms in total. The standard InChI is InChI=1S/C22H35N3O/c1-23-21(25-16-14-22(19-25)12-5-6-13-22)24-15-7-8-17-26-18-11-20-9-3-2-4-10-20/h2-4,9-10H,5-8,11-19H2,1H3,(H,23,24). The van der Waals surface area contributed by atoms with Gasteiger partial charge < -0.3 is 15.0 Å². The normalized spacial score (nSPS) is 19.4. The van der Waals surface area contributed by atoms with Crippen LogP contribution in [-0.2, 0) is 11.2 Å². The summed E-state index contributed by atoms with van der Waals surface area (Å²) in [6.45, 7) is 5.02. The van der Waals surface area contributed by atoms with E-state index >= 15 is 0 Å². The van der Waals surface area contributed by atoms with Gasteiger partial charge in [0.05, 0.1) is 6.61 Å². The molecule has 0 radical (unpaired) electrons. The van der Waals surface area contributed by atoms with Crippen molar-refractivity contribution in [3.8, 4) is 0 Å². The molecule has 1 aliphatic heterocycles. The summed E-state index contributed by atoms with van der Waals surface area (Å²) in [5.41, 5.74) is 1.95. The molecule has 1 aliphatic carbocycles. The molecule has 26 heavy (non-hydrogen) atoms. The minimum atomic E-state index is 0.601. The number of hydrogen-bond donors (Lipinski definition) is 1. The van der Waals surface area contributed by atoms with Crippen LogP contribution in [0.5, 0.6) is 0 Å². The fourth-order valence-corrected chi connectivity index (χ4v) is 4.45. The highest BCUT2D eigenvalue weighted by atomic mass is 16.5. The molecule has 1 aromatic carbocycles. The third-order valence-corrected chi connectivity index (χ3v) is 5.99. The first kappa shape index (κ1) is 19.2. The predicted octanol–water partition coefficient (Wildman–Crippen LogP) is 3.87. The molecule has 1 spiro atoms. The highest BCUT2D eigenvalue weighted by Gasteiger charge is 2.40. The van der Waals surface area contributed by atoms with Gasteiger partial charge in [0.2, 0.25) is 0 Å². The van der Waals surface area contributed by atoms with Crippen LogP contribution in [0, 0.1) is 5.41 Å². The number of guanidine groups is 1. The molecular formula is C22H35N3O. The van der Waals surface area contributed by atoms with E-state index in [4.69, 9.17) is 4.74 Å². The molecule has 1 saturated carbocycles. The van der Waals surface area contributed by atoms with Crippen molar-refractivity contribution in [1.29, 1.82) is 0 Å². The number of ether oxygens (including phenoxy) is 1. The number of unbranched alkanes of at least 4 members (excludes halogenated alkanes) is 1. The summed E-state index contributed by atoms with van der Waals surface area (Å²) < 4.78 is 5.77. The Morgan fingerprint density at radius 2 is 1.92 bits per heavy atom. The van der Waals surface area contributed by atoms with Gasteiger partial charge in [0.1, 0.15) is 0 Å². The lowest BCUT2D eigenvalue weighted by Crippen LogP contribution is -2.41. The average molecular weight is 358 g/mol. The topological polar surface area (TPSA) is 36.9 Å². The number of likely N-dealkylation sites (tertiary alicyclic amines) is 1. The summed E-state index contributed by atoms with van der Waals surface area (Å²) in [6, 6.07) is 10.5. The van der Waals surface area contributed by atoms with Crippen LogP contribution < -0.4 is 5.32 Å². The van der Waals surface area contributed by atoms with Crippen molar-refractivity contribution in [3.05, 3.63) is 35.9 Å². The maximum atomic E-state index is 5.77. The van der Waals surface area contributed by atoms with Crippen LogP contribution >= 0.6 is 0 Å². The molecule has 0 bridgehead atoms. The first-order valence-electron chi connectivity index (χ1n) is 10.4. The predicted molar refractivity (Wildman–Crippen MR) is 109 cm³/mol. The van der Waals surface area contributed by atoms with Gasteiger partial charge in [-0.05, 0) is 49.5 Å². The van der Waals surface area contributed by atoms with E-state index in [1.165, 1.54) is 50.8 Å². The lowest BCUT2D eigenvalue weighted by Gasteiger charge is -2.25. The van der Waals surface area contributed by atoms with Crippen LogP contribution in [0.3, 0.4) is 0 Å². The van der Waals surface area contributed by atoms with Gasteiger partial charge >= 0.3 is 0 Å². The quantitative estimate of drug-likeness (QED) is 0.436. The molecule has 1 heterocycles. The van der Waals surface area contributed by atoms with Gasteiger partial charge in [0.25, 0.3) is 0 Å². The zero-order valence-corrected chi connectivity index (χ0v) is 16.4. The molecule has 1 aromatic rings. The Hall–Kier alpha value is -1.55. The summed E-state index contributed by atoms with van der Waals surface area (Å²) >= 11 is 0. The SMILES string of the molecule is CN=C(NCCCCOCCc1ccccc1)N1CCC2(CCCC2)C1. The van der Waals surface area contributed by atoms with Crippen molar-refractivity contribution < 1.29 is 4.74 Å². The fraction of sp³-hybridized carbons (Fsp3) is 0.682. The Morgan fingerprint density at radius 1 is 1.12 bits per heavy atom. The summed E-state index contributed by atoms with van der Waals surface area (Å²) in [6.07, 6.45) is 10.3. The van der Waals surface area contributed by atoms with Crippen LogP contribution in [-0.4, -0.2) is 50.8 Å². The minimum absolute atomic E-state index is 0.601. The lowest BCUT2D eigenvalue weighted by atomic mass is 9.86. The van der Waals surface area contributed by atoms with E-state index in [0.29, 0.717) is 5.41 Å². The number of nitrogens with zero attached hydrogens (tertiary/aromatic N) is 2. The number of benzene rings is 1. The first-order chi connectivity index (χ1) is 12.8. The van der Waals surface area contributed by atoms with Crippen LogP contribution in [0.1, 0.15) is 50.5 Å². The van der Waals surface area contributed by atoms with Gasteiger partial charge in [-0.2, -0.15) is 0 Å². The summed E-state index contributed by atoms with van der Waals surface area (Å²) in [5, 5.41) is 3.55. The van der Waals surface area contributed by atoms with Crippen molar-refractivity contribution in [3.63, 3.8) is 0 Å². The molecule has 0 amide bonds. The van der Waals surface area contributed by atoms with Gasteiger partial charge in [0, 0.05) is 33.3 Å². The Bertz CT molecular complexity index is 552. The van der Waals surface area contributed by atoms with Gasteiger partial charge in [0.15, 0.2) is 5.96 Å². The maximum absolute atomic E-state index is 5.77. The van der Waals surface area contributed by atoms with E-state index < -0.39 is 0 Å². The Balaban J connectivity index is 1.24. The van der Waals surface area contributed by atoms with Crippen molar-refractivity contribution >= 4 is 5.96 Å². The fourth-order valence-electron chi connectivity index (χ4n) is 4.45. The molecule has 2 fully saturated rings. The highest BCUT2D eigenvalue weighted by molar-refractivity contribution is 5.80. The van der Waals surface area contributed by atoms with E-state index in [-0.39, 0.29) is 0 Å². The second-order valence-corrected chi connectivity index (χ2v) is 7.91. The van der Waals surface area contributed by atoms with Crippen LogP contribution in [0.15, 0.2) is 35.3 Å². The molecule has 0 atom stereocenters. The molecule has 4 heteroatoms. The molecule has 144 valence electrons. The molecular weight excluding hydrogens is 322 g/mol. The summed E-state index contributed by atoms with van der Waals surface area (Å²) in [7, 11) is 1.91. The molecule has 3 rings (SSSR count). The zero-order chi connectivity index (χ0) is 18.1. The second-order valence-electron chi connectivity index (χ2n) is 7.91. The van der Waals surface area contributed by atoms with E-state index in [0.717, 1.165) is 45.0 Å². The smallest absolute Gasteiger partial charge is 0.193 e. The first-order valence-corrected chi connectivity index (χ1v) is 10.4. The largest absolute Gasteiger partial charge is 0.381 e. The van der Waals surface area contributed by atoms with Crippen molar-refractivity contribution in [2.24, 2.45) is 10.4 Å². The number of rotatable bonds is 8. The highest BCUT2D eigenvalue weighted by Crippen LogP contribution is 2.45. The van der Waals surface area contributed by atoms with Crippen LogP contribution in [0.4, 0.5) is 0 Å². The monoisotopic (exact) mass is 357 g/mol. The number of hydrogen-bond acceptors (Lipinski definition) is 2. The van der Waals surface area contributed by atoms with E-state index in [9.17, 15) is 0 Å². The van der Waals surface area contributed by atoms with Gasteiger partial charge in [-0.15, -0.1) is 0 Å². The molecule has 0 aromatic heterocycles. The van der Waals surface area contributed by atoms with Crippen molar-refractivity contribution in [2.45, 2.75) is 51.4 Å². The molecule has 0 unspecified atom stereocenters. The van der Waals surface area contributed by atoms with Gasteiger partial charge in [-0.3, -0.25) is 4.99 Å². The summed E-state index contributed by atoms with van der Waals surface area (Å²) in [4.78, 5) is 6.98. The van der Waals surface area contributed by atoms with E-state index in [2.05, 4.69) is 45.5 Å². The summed E-state index contributed by atoms with van der Waals surface area (Å²) in [5.74, 6) is 1.10. The van der Waals surface area contributed by atoms with Crippen LogP contribution in [0.25, 0.3) is 0 Å². The molecule has 1 saturated heterocycles. The van der Waals surface area contributed by atoms with Gasteiger partial charge in [-0.25, -0.2) is 0 Å². The molecule has 2 aliphatic rings. The van der Waals surface area contributed by atoms with Gasteiger partial charge in [-0.1, -0.05) is 43.2 Å². The van der Waals surface area contributed by atoms with E-state index in [1.54, 1.807) is 0 Å². The van der Waals surface area contributed by atoms with Crippen molar-refractivity contribution in [2.75, 3.05) is 39.9 Å². The Kier molecular flexibility index (Phi) is 7.36. The van der Waals surface area contributed by atoms with Crippen LogP contribution in [0.2, 0.25) is 0 Å². The number of nitrogens with one attached hydrogen (secondary N) is 1.